The van der Waals surface area contributed by atoms with Crippen LogP contribution in [-0.4, -0.2) is 174 Å². The van der Waals surface area contributed by atoms with E-state index in [1.54, 1.807) is 51.1 Å². The number of epoxide rings is 1. The fraction of sp³-hybridized carbons (Fsp3) is 0.650. The molecular formula is C60H91N9O15S. The Balaban J connectivity index is 1.10. The van der Waals surface area contributed by atoms with E-state index in [1.807, 2.05) is 26.2 Å². The van der Waals surface area contributed by atoms with Gasteiger partial charge in [-0.15, -0.1) is 0 Å². The van der Waals surface area contributed by atoms with Crippen molar-refractivity contribution in [2.75, 3.05) is 50.1 Å². The van der Waals surface area contributed by atoms with Gasteiger partial charge in [0.1, 0.15) is 42.6 Å². The Morgan fingerprint density at radius 2 is 1.59 bits per heavy atom. The number of aliphatic hydroxyl groups excluding tert-OH is 1. The molecule has 4 saturated heterocycles. The zero-order valence-electron chi connectivity index (χ0n) is 50.5. The SMILES string of the molecule is CSCC(=O)NCCCCCC(=O)N[C@H](C(=O)N[C@@H](CCCNC(N)=O)C(=O)Nc1ccc(COC(=O)N2CCCCN2C(=O)C[C@@H]2C[C@@]3(CO3)[C@H](O)[C@@H](/C=C/C(C)=C/C[C@@H]3O[C@H](C)[C@H](NC(=O)/C=C\[C@H](C)OC(C)=O)C[C@@H]3C)O2)cc1)C(C)C. The van der Waals surface area contributed by atoms with Crippen LogP contribution >= 0.6 is 11.8 Å². The van der Waals surface area contributed by atoms with Gasteiger partial charge in [0, 0.05) is 57.7 Å². The van der Waals surface area contributed by atoms with Crippen LogP contribution in [0.25, 0.3) is 0 Å². The standard InChI is InChI=1S/C60H91N9O15S/c1-37(2)54(67-50(71)16-10-9-11-27-62-52(73)35-85-8)57(77)66-46(15-14-28-63-58(61)78)56(76)64-44-22-20-43(21-23-44)34-80-59(79)69-30-13-12-29-68(69)53(74)32-45-33-60(36-81-60)55(75)49(84-45)25-18-38(3)17-24-48-39(4)31-47(41(6)83-48)65-51(72)26-19-40(5)82-42(7)70/h17-23,25-26,37,39-41,45-49,54-55,75H,9-16,24,27-36H2,1-8H3,(H,62,73)(H,64,76)(H,65,72)(H,66,77)(H,67,71)(H3,61,63,78)/b25-18+,26-19-,38-17+/t39-,40-,41+,45+,46-,47+,48-,49+,54-,55+,60+/m0/s1. The number of unbranched alkanes of at least 4 members (excludes halogenated alkanes) is 2. The van der Waals surface area contributed by atoms with Gasteiger partial charge in [-0.05, 0) is 114 Å². The Hall–Kier alpha value is -6.54. The lowest BCUT2D eigenvalue weighted by Gasteiger charge is -2.40. The molecule has 1 aromatic rings. The van der Waals surface area contributed by atoms with Gasteiger partial charge in [0.15, 0.2) is 0 Å². The number of rotatable bonds is 30. The highest BCUT2D eigenvalue weighted by atomic mass is 32.2. The summed E-state index contributed by atoms with van der Waals surface area (Å²) in [6.45, 7) is 13.9. The Morgan fingerprint density at radius 1 is 0.882 bits per heavy atom. The lowest BCUT2D eigenvalue weighted by molar-refractivity contribution is -0.163. The number of hydrogen-bond donors (Lipinski definition) is 8. The van der Waals surface area contributed by atoms with E-state index in [-0.39, 0.29) is 99.2 Å². The molecule has 4 fully saturated rings. The topological polar surface area (TPSA) is 328 Å². The number of thioether (sulfide) groups is 1. The predicted molar refractivity (Wildman–Crippen MR) is 319 cm³/mol. The lowest BCUT2D eigenvalue weighted by atomic mass is 9.87. The maximum atomic E-state index is 14.0. The van der Waals surface area contributed by atoms with Crippen LogP contribution in [0.3, 0.4) is 0 Å². The summed E-state index contributed by atoms with van der Waals surface area (Å²) in [7, 11) is 0. The number of allylic oxidation sites excluding steroid dienone is 2. The number of amides is 9. The zero-order chi connectivity index (χ0) is 62.2. The molecule has 9 amide bonds. The average molecular weight is 1210 g/mol. The van der Waals surface area contributed by atoms with Crippen LogP contribution in [0.4, 0.5) is 15.3 Å². The van der Waals surface area contributed by atoms with Crippen LogP contribution in [0.5, 0.6) is 0 Å². The number of hydrazine groups is 1. The van der Waals surface area contributed by atoms with Crippen LogP contribution in [0.1, 0.15) is 131 Å². The molecular weight excluding hydrogens is 1120 g/mol. The molecule has 0 saturated carbocycles. The molecule has 11 atom stereocenters. The molecule has 0 aromatic heterocycles. The van der Waals surface area contributed by atoms with E-state index < -0.39 is 72.0 Å². The lowest BCUT2D eigenvalue weighted by Crippen LogP contribution is -2.55. The maximum absolute atomic E-state index is 14.0. The van der Waals surface area contributed by atoms with Gasteiger partial charge in [-0.2, -0.15) is 11.8 Å². The van der Waals surface area contributed by atoms with Crippen LogP contribution < -0.4 is 37.6 Å². The number of carbonyl (C=O) groups is 9. The highest BCUT2D eigenvalue weighted by Gasteiger charge is 2.58. The Bertz CT molecular complexity index is 2530. The number of aliphatic hydroxyl groups is 1. The van der Waals surface area contributed by atoms with Crippen LogP contribution in [0.2, 0.25) is 0 Å². The van der Waals surface area contributed by atoms with E-state index in [4.69, 9.17) is 29.4 Å². The largest absolute Gasteiger partial charge is 0.459 e. The second kappa shape index (κ2) is 34.6. The molecule has 0 aliphatic carbocycles. The minimum atomic E-state index is -1.06. The van der Waals surface area contributed by atoms with Crippen molar-refractivity contribution in [1.82, 2.24) is 36.6 Å². The molecule has 25 heteroatoms. The van der Waals surface area contributed by atoms with E-state index in [9.17, 15) is 48.3 Å². The molecule has 5 rings (SSSR count). The van der Waals surface area contributed by atoms with Gasteiger partial charge in [-0.3, -0.25) is 33.6 Å². The Labute approximate surface area is 503 Å². The first-order valence-electron chi connectivity index (χ1n) is 29.6. The van der Waals surface area contributed by atoms with Gasteiger partial charge in [0.05, 0.1) is 43.1 Å². The molecule has 1 aromatic carbocycles. The Morgan fingerprint density at radius 3 is 2.26 bits per heavy atom. The summed E-state index contributed by atoms with van der Waals surface area (Å²) in [5.74, 6) is -2.31. The molecule has 24 nitrogen and oxygen atoms in total. The van der Waals surface area contributed by atoms with Crippen molar-refractivity contribution in [3.05, 3.63) is 65.8 Å². The zero-order valence-corrected chi connectivity index (χ0v) is 51.3. The van der Waals surface area contributed by atoms with Crippen LogP contribution in [0.15, 0.2) is 60.2 Å². The summed E-state index contributed by atoms with van der Waals surface area (Å²) in [5, 5.41) is 30.8. The van der Waals surface area contributed by atoms with Crippen molar-refractivity contribution in [1.29, 1.82) is 0 Å². The summed E-state index contributed by atoms with van der Waals surface area (Å²) >= 11 is 1.44. The van der Waals surface area contributed by atoms with E-state index in [0.717, 1.165) is 5.57 Å². The third-order valence-corrected chi connectivity index (χ3v) is 15.8. The van der Waals surface area contributed by atoms with E-state index in [2.05, 4.69) is 44.9 Å². The number of primary amides is 1. The van der Waals surface area contributed by atoms with E-state index in [0.29, 0.717) is 87.9 Å². The summed E-state index contributed by atoms with van der Waals surface area (Å²) in [4.78, 5) is 115. The van der Waals surface area contributed by atoms with Gasteiger partial charge in [0.25, 0.3) is 0 Å². The van der Waals surface area contributed by atoms with Gasteiger partial charge in [-0.25, -0.2) is 19.6 Å². The third kappa shape index (κ3) is 23.3. The first kappa shape index (κ1) is 69.2. The molecule has 0 radical (unpaired) electrons. The summed E-state index contributed by atoms with van der Waals surface area (Å²) < 4.78 is 29.3. The molecule has 4 aliphatic heterocycles. The van der Waals surface area contributed by atoms with Crippen molar-refractivity contribution in [3.8, 4) is 0 Å². The molecule has 4 heterocycles. The monoisotopic (exact) mass is 1210 g/mol. The van der Waals surface area contributed by atoms with E-state index >= 15 is 0 Å². The van der Waals surface area contributed by atoms with Crippen molar-refractivity contribution in [2.24, 2.45) is 17.6 Å². The fourth-order valence-electron chi connectivity index (χ4n) is 10.4. The molecule has 85 heavy (non-hydrogen) atoms. The van der Waals surface area contributed by atoms with Gasteiger partial charge >= 0.3 is 18.1 Å². The molecule has 0 bridgehead atoms. The van der Waals surface area contributed by atoms with Crippen molar-refractivity contribution >= 4 is 71.0 Å². The predicted octanol–water partition coefficient (Wildman–Crippen LogP) is 4.59. The molecule has 4 aliphatic rings. The van der Waals surface area contributed by atoms with Gasteiger partial charge in [0.2, 0.25) is 35.4 Å². The van der Waals surface area contributed by atoms with Crippen molar-refractivity contribution < 1.29 is 71.9 Å². The number of nitrogens with zero attached hydrogens (tertiary/aromatic N) is 2. The number of urea groups is 1. The normalized spacial score (nSPS) is 24.3. The quantitative estimate of drug-likeness (QED) is 0.0172. The van der Waals surface area contributed by atoms with Crippen LogP contribution in [0, 0.1) is 11.8 Å². The number of ether oxygens (including phenoxy) is 5. The number of anilines is 1. The molecule has 1 spiro atoms. The number of esters is 1. The average Bonchev–Trinajstić information content (AvgIpc) is 3.05. The van der Waals surface area contributed by atoms with Crippen molar-refractivity contribution in [3.63, 3.8) is 0 Å². The van der Waals surface area contributed by atoms with Crippen molar-refractivity contribution in [2.45, 2.75) is 192 Å². The number of hydrogen-bond acceptors (Lipinski definition) is 16. The van der Waals surface area contributed by atoms with Gasteiger partial charge in [-0.1, -0.05) is 63.1 Å². The first-order valence-corrected chi connectivity index (χ1v) is 31.0. The summed E-state index contributed by atoms with van der Waals surface area (Å²) in [5.41, 5.74) is 6.27. The minimum absolute atomic E-state index is 0.0363. The first-order chi connectivity index (χ1) is 40.5. The van der Waals surface area contributed by atoms with Gasteiger partial charge < -0.3 is 66.4 Å². The Kier molecular flexibility index (Phi) is 28.2. The second-order valence-electron chi connectivity index (χ2n) is 22.8. The fourth-order valence-corrected chi connectivity index (χ4v) is 10.7. The maximum Gasteiger partial charge on any atom is 0.429 e. The molecule has 472 valence electrons. The number of nitrogens with two attached hydrogens (primary N) is 1. The summed E-state index contributed by atoms with van der Waals surface area (Å²) in [6.07, 6.45) is 12.0. The number of benzene rings is 1. The molecule has 9 N–H and O–H groups in total. The molecule has 0 unspecified atom stereocenters. The smallest absolute Gasteiger partial charge is 0.429 e. The van der Waals surface area contributed by atoms with E-state index in [1.165, 1.54) is 40.9 Å². The highest BCUT2D eigenvalue weighted by Crippen LogP contribution is 2.43. The highest BCUT2D eigenvalue weighted by molar-refractivity contribution is 7.99. The minimum Gasteiger partial charge on any atom is -0.459 e. The third-order valence-electron chi connectivity index (χ3n) is 15.2. The van der Waals surface area contributed by atoms with Crippen LogP contribution in [-0.2, 0) is 63.9 Å². The second-order valence-corrected chi connectivity index (χ2v) is 23.7. The number of carbonyl (C=O) groups excluding carboxylic acids is 9. The number of nitrogens with one attached hydrogen (secondary N) is 6. The summed E-state index contributed by atoms with van der Waals surface area (Å²) in [6, 6.07) is 3.63.